The molecule has 74 heavy (non-hydrogen) atoms. The molecule has 0 fully saturated rings. The van der Waals surface area contributed by atoms with Crippen molar-refractivity contribution >= 4 is 55.9 Å². The van der Waals surface area contributed by atoms with Crippen LogP contribution in [0, 0.1) is 18.8 Å². The van der Waals surface area contributed by atoms with Gasteiger partial charge in [-0.1, -0.05) is 199 Å². The number of anilines is 6. The van der Waals surface area contributed by atoms with Gasteiger partial charge in [-0.2, -0.15) is 6.07 Å². The van der Waals surface area contributed by atoms with E-state index in [2.05, 4.69) is 294 Å². The van der Waals surface area contributed by atoms with Crippen LogP contribution in [0.25, 0.3) is 38.8 Å². The number of benzene rings is 7. The van der Waals surface area contributed by atoms with E-state index in [-0.39, 0.29) is 48.1 Å². The van der Waals surface area contributed by atoms with Crippen LogP contribution in [0.4, 0.5) is 34.1 Å². The maximum absolute atomic E-state index is 5.12. The molecule has 5 nitrogen and oxygen atoms in total. The zero-order chi connectivity index (χ0) is 52.0. The van der Waals surface area contributed by atoms with Crippen LogP contribution >= 0.6 is 0 Å². The number of aromatic nitrogens is 2. The van der Waals surface area contributed by atoms with Gasteiger partial charge in [0.25, 0.3) is 0 Å². The smallest absolute Gasteiger partial charge is 0.135 e. The van der Waals surface area contributed by atoms with Crippen molar-refractivity contribution < 1.29 is 21.1 Å². The molecule has 0 radical (unpaired) electrons. The van der Waals surface area contributed by atoms with E-state index < -0.39 is 0 Å². The second-order valence-electron chi connectivity index (χ2n) is 25.0. The van der Waals surface area contributed by atoms with Gasteiger partial charge < -0.3 is 19.3 Å². The Balaban J connectivity index is 0.00000672. The number of para-hydroxylation sites is 2. The molecule has 7 aromatic carbocycles. The van der Waals surface area contributed by atoms with Gasteiger partial charge in [0, 0.05) is 62.3 Å². The third-order valence-electron chi connectivity index (χ3n) is 15.2. The van der Waals surface area contributed by atoms with Crippen LogP contribution in [0.2, 0.25) is 0 Å². The summed E-state index contributed by atoms with van der Waals surface area (Å²) in [4.78, 5) is 12.0. The van der Waals surface area contributed by atoms with Gasteiger partial charge in [0.05, 0.1) is 0 Å². The third kappa shape index (κ3) is 9.86. The van der Waals surface area contributed by atoms with Crippen LogP contribution < -0.4 is 14.7 Å². The van der Waals surface area contributed by atoms with Gasteiger partial charge in [0.15, 0.2) is 0 Å². The molecule has 1 aliphatic heterocycles. The van der Waals surface area contributed by atoms with E-state index in [9.17, 15) is 0 Å². The second-order valence-corrected chi connectivity index (χ2v) is 25.0. The quantitative estimate of drug-likeness (QED) is 0.142. The summed E-state index contributed by atoms with van der Waals surface area (Å²) in [6.45, 7) is 34.3. The van der Waals surface area contributed by atoms with Crippen LogP contribution in [0.15, 0.2) is 158 Å². The van der Waals surface area contributed by atoms with E-state index in [1.165, 1.54) is 44.5 Å². The summed E-state index contributed by atoms with van der Waals surface area (Å²) < 4.78 is 2.31. The van der Waals surface area contributed by atoms with Gasteiger partial charge in [-0.05, 0) is 108 Å². The van der Waals surface area contributed by atoms with E-state index in [1.807, 2.05) is 6.20 Å². The van der Waals surface area contributed by atoms with E-state index in [1.54, 1.807) is 0 Å². The number of fused-ring (bicyclic) bond motifs is 4. The summed E-state index contributed by atoms with van der Waals surface area (Å²) in [5.74, 6) is 0.860. The van der Waals surface area contributed by atoms with Gasteiger partial charge in [-0.15, -0.1) is 53.6 Å². The molecule has 6 heteroatoms. The Morgan fingerprint density at radius 3 is 1.66 bits per heavy atom. The summed E-state index contributed by atoms with van der Waals surface area (Å²) in [6.07, 6.45) is 1.96. The van der Waals surface area contributed by atoms with E-state index >= 15 is 0 Å². The SMILES string of the molecule is CN(c1[c-]c2c(cc1)c1cc(-c3ccc(C(C)(C)C)cc3)ccc1n2-c1cc(C(C)(C)c2ccccc2)ccn1)c1[c-]c(N2[CH-]N(c3cc(C(C)(C)C)cc(C(C)(C)C)c3)c3ccccc32)cc(C(C)(C)C)c1.[Pt]. The summed E-state index contributed by atoms with van der Waals surface area (Å²) in [6, 6.07) is 64.0. The van der Waals surface area contributed by atoms with Crippen LogP contribution in [-0.4, -0.2) is 16.6 Å². The number of nitrogens with zero attached hydrogens (tertiary/aromatic N) is 5. The molecule has 0 aliphatic carbocycles. The topological polar surface area (TPSA) is 27.5 Å². The minimum atomic E-state index is -0.249. The van der Waals surface area contributed by atoms with Crippen LogP contribution in [-0.2, 0) is 48.1 Å². The second kappa shape index (κ2) is 19.1. The molecule has 382 valence electrons. The summed E-state index contributed by atoms with van der Waals surface area (Å²) >= 11 is 0. The van der Waals surface area contributed by atoms with Crippen molar-refractivity contribution in [1.82, 2.24) is 9.55 Å². The number of rotatable bonds is 8. The Bertz CT molecular complexity index is 3490. The number of pyridine rings is 1. The van der Waals surface area contributed by atoms with Crippen molar-refractivity contribution in [3.8, 4) is 16.9 Å². The van der Waals surface area contributed by atoms with Gasteiger partial charge in [0.1, 0.15) is 5.82 Å². The Morgan fingerprint density at radius 2 is 1.04 bits per heavy atom. The molecule has 0 saturated heterocycles. The maximum atomic E-state index is 5.12. The molecular weight excluding hydrogens is 1080 g/mol. The molecule has 10 rings (SSSR count). The summed E-state index contributed by atoms with van der Waals surface area (Å²) in [5.41, 5.74) is 18.0. The Hall–Kier alpha value is -6.42. The van der Waals surface area contributed by atoms with Crippen molar-refractivity contribution in [2.24, 2.45) is 0 Å². The average molecular weight is 1150 g/mol. The molecule has 0 atom stereocenters. The average Bonchev–Trinajstić information content (AvgIpc) is 3.91. The van der Waals surface area contributed by atoms with E-state index in [0.717, 1.165) is 61.7 Å². The molecule has 1 aliphatic rings. The minimum absolute atomic E-state index is 0. The normalized spacial score (nSPS) is 13.4. The predicted octanol–water partition coefficient (Wildman–Crippen LogP) is 18.1. The summed E-state index contributed by atoms with van der Waals surface area (Å²) in [7, 11) is 2.15. The van der Waals surface area contributed by atoms with Crippen molar-refractivity contribution in [3.63, 3.8) is 0 Å². The van der Waals surface area contributed by atoms with Crippen LogP contribution in [0.1, 0.15) is 130 Å². The molecular formula is C68H72N5Pt-3. The third-order valence-corrected chi connectivity index (χ3v) is 15.2. The minimum Gasteiger partial charge on any atom is -0.493 e. The largest absolute Gasteiger partial charge is 0.493 e. The van der Waals surface area contributed by atoms with Crippen molar-refractivity contribution in [2.75, 3.05) is 21.7 Å². The molecule has 0 saturated carbocycles. The van der Waals surface area contributed by atoms with Crippen molar-refractivity contribution in [3.05, 3.63) is 210 Å². The van der Waals surface area contributed by atoms with E-state index in [0.29, 0.717) is 0 Å². The van der Waals surface area contributed by atoms with E-state index in [4.69, 9.17) is 4.98 Å². The predicted molar refractivity (Wildman–Crippen MR) is 311 cm³/mol. The van der Waals surface area contributed by atoms with Crippen LogP contribution in [0.3, 0.4) is 0 Å². The first-order valence-electron chi connectivity index (χ1n) is 26.0. The molecule has 0 bridgehead atoms. The summed E-state index contributed by atoms with van der Waals surface area (Å²) in [5, 5.41) is 2.28. The van der Waals surface area contributed by atoms with Gasteiger partial charge in [0.2, 0.25) is 0 Å². The van der Waals surface area contributed by atoms with Gasteiger partial charge in [-0.25, -0.2) is 4.98 Å². The molecule has 0 spiro atoms. The fourth-order valence-corrected chi connectivity index (χ4v) is 10.2. The van der Waals surface area contributed by atoms with Crippen molar-refractivity contribution in [1.29, 1.82) is 0 Å². The zero-order valence-electron chi connectivity index (χ0n) is 46.1. The van der Waals surface area contributed by atoms with Crippen molar-refractivity contribution in [2.45, 2.75) is 124 Å². The molecule has 9 aromatic rings. The maximum Gasteiger partial charge on any atom is 0.135 e. The molecule has 3 heterocycles. The standard InChI is InChI=1S/C68H72N5.Pt/c1-64(2,3)47-28-25-45(26-29-47)46-27-32-59-58(35-46)57-31-30-53(43-62(57)73(59)63-41-49(33-34-69-63)68(13,14)48-21-17-16-18-22-48)70(15)54-37-52(67(10,11)12)40-56(42-54)72-44-71(60-23-19-20-24-61(60)72)55-38-50(65(4,5)6)36-51(39-55)66(7,8)9;/h16-41,44H,1-15H3;/q-3;. The number of hydrogen-bond acceptors (Lipinski definition) is 4. The van der Waals surface area contributed by atoms with Crippen LogP contribution in [0.5, 0.6) is 0 Å². The number of hydrogen-bond donors (Lipinski definition) is 0. The first kappa shape index (κ1) is 52.4. The molecule has 0 N–H and O–H groups in total. The van der Waals surface area contributed by atoms with Gasteiger partial charge >= 0.3 is 0 Å². The molecule has 0 amide bonds. The molecule has 2 aromatic heterocycles. The fraction of sp³-hybridized carbons (Fsp3) is 0.294. The fourth-order valence-electron chi connectivity index (χ4n) is 10.2. The first-order valence-corrected chi connectivity index (χ1v) is 26.0. The zero-order valence-corrected chi connectivity index (χ0v) is 48.4. The monoisotopic (exact) mass is 1150 g/mol. The Morgan fingerprint density at radius 1 is 0.459 bits per heavy atom. The Kier molecular flexibility index (Phi) is 13.5. The van der Waals surface area contributed by atoms with Gasteiger partial charge in [-0.3, -0.25) is 0 Å². The first-order chi connectivity index (χ1) is 34.4. The molecule has 0 unspecified atom stereocenters. The Labute approximate surface area is 456 Å².